The average molecular weight is 474 g/mol. The predicted octanol–water partition coefficient (Wildman–Crippen LogP) is 3.55. The van der Waals surface area contributed by atoms with E-state index < -0.39 is 65.0 Å². The number of alkyl halides is 3. The van der Waals surface area contributed by atoms with Gasteiger partial charge in [-0.15, -0.1) is 0 Å². The van der Waals surface area contributed by atoms with E-state index in [9.17, 15) is 31.5 Å². The number of anilines is 1. The number of pyridine rings is 1. The molecule has 1 aromatic heterocycles. The number of ether oxygens (including phenoxy) is 2. The van der Waals surface area contributed by atoms with Crippen molar-refractivity contribution in [2.75, 3.05) is 12.4 Å². The van der Waals surface area contributed by atoms with Gasteiger partial charge < -0.3 is 20.5 Å². The lowest BCUT2D eigenvalue weighted by molar-refractivity contribution is -0.272. The van der Waals surface area contributed by atoms with Crippen molar-refractivity contribution in [3.8, 4) is 5.75 Å². The summed E-state index contributed by atoms with van der Waals surface area (Å²) in [4.78, 5) is 28.1. The first-order valence-electron chi connectivity index (χ1n) is 10.1. The molecule has 0 bridgehead atoms. The van der Waals surface area contributed by atoms with E-state index in [1.54, 1.807) is 0 Å². The van der Waals surface area contributed by atoms with Gasteiger partial charge in [-0.3, -0.25) is 14.6 Å². The number of carbonyl (C=O) groups is 2. The van der Waals surface area contributed by atoms with Gasteiger partial charge in [0, 0.05) is 29.3 Å². The van der Waals surface area contributed by atoms with Crippen LogP contribution in [0.1, 0.15) is 37.2 Å². The highest BCUT2D eigenvalue weighted by molar-refractivity contribution is 5.97. The first-order chi connectivity index (χ1) is 15.7. The summed E-state index contributed by atoms with van der Waals surface area (Å²) < 4.78 is 88.2. The third kappa shape index (κ3) is 4.22. The van der Waals surface area contributed by atoms with Crippen LogP contribution in [-0.2, 0) is 9.53 Å². The van der Waals surface area contributed by atoms with E-state index in [-0.39, 0.29) is 16.9 Å². The van der Waals surface area contributed by atoms with Gasteiger partial charge in [-0.25, -0.2) is 4.39 Å². The summed E-state index contributed by atoms with van der Waals surface area (Å²) in [6, 6.07) is 2.25. The molecular formula is C21H20F5N3O4. The minimum absolute atomic E-state index is 0.0113. The fraction of sp³-hybridized carbons (Fsp3) is 0.381. The molecule has 3 rings (SSSR count). The van der Waals surface area contributed by atoms with Crippen LogP contribution in [0, 0.1) is 17.6 Å². The molecule has 1 fully saturated rings. The van der Waals surface area contributed by atoms with Crippen LogP contribution in [0.3, 0.4) is 0 Å². The highest BCUT2D eigenvalue weighted by atomic mass is 19.4. The number of halogens is 5. The maximum absolute atomic E-state index is 14.5. The zero-order chi connectivity index (χ0) is 25.6. The molecule has 1 aromatic carbocycles. The molecule has 0 saturated carbocycles. The molecule has 2 amide bonds. The number of hydrogen-bond donors (Lipinski definition) is 2. The summed E-state index contributed by atoms with van der Waals surface area (Å²) in [5.74, 6) is -8.81. The second-order valence-electron chi connectivity index (χ2n) is 7.65. The Morgan fingerprint density at radius 3 is 2.58 bits per heavy atom. The van der Waals surface area contributed by atoms with Crippen LogP contribution in [0.4, 0.5) is 27.6 Å². The van der Waals surface area contributed by atoms with Gasteiger partial charge in [-0.05, 0) is 25.1 Å². The topological polar surface area (TPSA) is 104 Å². The van der Waals surface area contributed by atoms with Crippen molar-refractivity contribution >= 4 is 17.5 Å². The molecule has 0 aliphatic carbocycles. The monoisotopic (exact) mass is 474 g/mol. The van der Waals surface area contributed by atoms with E-state index in [1.807, 2.05) is 0 Å². The van der Waals surface area contributed by atoms with E-state index in [0.29, 0.717) is 0 Å². The van der Waals surface area contributed by atoms with Gasteiger partial charge in [0.2, 0.25) is 5.82 Å². The van der Waals surface area contributed by atoms with Crippen molar-refractivity contribution in [1.29, 1.82) is 0 Å². The lowest BCUT2D eigenvalue weighted by Gasteiger charge is -2.32. The largest absolute Gasteiger partial charge is 0.493 e. The maximum Gasteiger partial charge on any atom is 0.417 e. The van der Waals surface area contributed by atoms with Crippen molar-refractivity contribution < 1.29 is 42.4 Å². The zero-order valence-corrected chi connectivity index (χ0v) is 17.6. The standard InChI is InChI=1S/C21H20F5N3O4/c1-9-14(11-4-5-12(22)15(23)16(11)32-3)17(33-20(9,2)21(24,25)26)19(31)29-10-6-7-28-13(8-10)18(27)30/h4-9,14,17H,1-3H3,(H2,27,30)(H,28,29,31)/t9-,14+,17-,20+/m0/s1/i5D. The van der Waals surface area contributed by atoms with Crippen LogP contribution in [0.25, 0.3) is 0 Å². The molecule has 1 saturated heterocycles. The summed E-state index contributed by atoms with van der Waals surface area (Å²) in [6.45, 7) is 1.89. The number of carbonyl (C=O) groups excluding carboxylic acids is 2. The number of aromatic nitrogens is 1. The molecule has 3 N–H and O–H groups in total. The van der Waals surface area contributed by atoms with E-state index in [0.717, 1.165) is 39.3 Å². The van der Waals surface area contributed by atoms with Crippen LogP contribution < -0.4 is 15.8 Å². The Balaban J connectivity index is 2.12. The number of nitrogens with zero attached hydrogens (tertiary/aromatic N) is 1. The molecule has 1 aliphatic heterocycles. The van der Waals surface area contributed by atoms with Crippen LogP contribution in [0.2, 0.25) is 0 Å². The minimum atomic E-state index is -4.94. The van der Waals surface area contributed by atoms with Gasteiger partial charge in [0.15, 0.2) is 17.2 Å². The number of primary amides is 1. The Bertz CT molecular complexity index is 1150. The molecule has 33 heavy (non-hydrogen) atoms. The van der Waals surface area contributed by atoms with Gasteiger partial charge >= 0.3 is 6.18 Å². The highest BCUT2D eigenvalue weighted by Gasteiger charge is 2.65. The maximum atomic E-state index is 14.5. The van der Waals surface area contributed by atoms with Crippen molar-refractivity contribution in [3.05, 3.63) is 53.3 Å². The second kappa shape index (κ2) is 8.58. The van der Waals surface area contributed by atoms with Crippen LogP contribution in [0.15, 0.2) is 30.4 Å². The molecule has 12 heteroatoms. The third-order valence-corrected chi connectivity index (χ3v) is 5.78. The number of amides is 2. The second-order valence-corrected chi connectivity index (χ2v) is 7.65. The molecule has 7 nitrogen and oxygen atoms in total. The Hall–Kier alpha value is -3.28. The quantitative estimate of drug-likeness (QED) is 0.646. The first kappa shape index (κ1) is 22.9. The Morgan fingerprint density at radius 1 is 1.33 bits per heavy atom. The van der Waals surface area contributed by atoms with E-state index in [1.165, 1.54) is 6.07 Å². The van der Waals surface area contributed by atoms with E-state index in [2.05, 4.69) is 10.3 Å². The van der Waals surface area contributed by atoms with E-state index >= 15 is 0 Å². The van der Waals surface area contributed by atoms with Crippen molar-refractivity contribution in [2.24, 2.45) is 11.7 Å². The number of nitrogens with two attached hydrogens (primary N) is 1. The summed E-state index contributed by atoms with van der Waals surface area (Å²) in [5.41, 5.74) is 1.74. The number of rotatable bonds is 5. The van der Waals surface area contributed by atoms with E-state index in [4.69, 9.17) is 16.6 Å². The molecule has 4 atom stereocenters. The van der Waals surface area contributed by atoms with Gasteiger partial charge in [0.05, 0.1) is 8.48 Å². The van der Waals surface area contributed by atoms with Crippen LogP contribution in [-0.4, -0.2) is 41.8 Å². The minimum Gasteiger partial charge on any atom is -0.493 e. The summed E-state index contributed by atoms with van der Waals surface area (Å²) in [6.07, 6.45) is -5.65. The predicted molar refractivity (Wildman–Crippen MR) is 106 cm³/mol. The first-order valence-corrected chi connectivity index (χ1v) is 9.56. The van der Waals surface area contributed by atoms with Gasteiger partial charge in [0.25, 0.3) is 11.8 Å². The van der Waals surface area contributed by atoms with Crippen molar-refractivity contribution in [1.82, 2.24) is 4.98 Å². The summed E-state index contributed by atoms with van der Waals surface area (Å²) >= 11 is 0. The third-order valence-electron chi connectivity index (χ3n) is 5.78. The number of nitrogens with one attached hydrogen (secondary N) is 1. The van der Waals surface area contributed by atoms with Crippen molar-refractivity contribution in [3.63, 3.8) is 0 Å². The Kier molecular flexibility index (Phi) is 5.95. The normalized spacial score (nSPS) is 25.5. The smallest absolute Gasteiger partial charge is 0.417 e. The SMILES string of the molecule is [2H]c1cc([C@@H]2[C@@H](C(=O)Nc3ccnc(C(N)=O)c3)O[C@@](C)(C(F)(F)F)[C@H]2C)c(OC)c(F)c1F. The van der Waals surface area contributed by atoms with Gasteiger partial charge in [-0.2, -0.15) is 17.6 Å². The molecule has 0 spiro atoms. The molecular weight excluding hydrogens is 453 g/mol. The van der Waals surface area contributed by atoms with Crippen LogP contribution >= 0.6 is 0 Å². The molecule has 0 unspecified atom stereocenters. The zero-order valence-electron chi connectivity index (χ0n) is 18.6. The van der Waals surface area contributed by atoms with Gasteiger partial charge in [0.1, 0.15) is 11.8 Å². The number of hydrogen-bond acceptors (Lipinski definition) is 5. The number of methoxy groups -OCH3 is 1. The molecule has 2 aromatic rings. The molecule has 178 valence electrons. The van der Waals surface area contributed by atoms with Crippen molar-refractivity contribution in [2.45, 2.75) is 37.6 Å². The van der Waals surface area contributed by atoms with Gasteiger partial charge in [-0.1, -0.05) is 13.0 Å². The summed E-state index contributed by atoms with van der Waals surface area (Å²) in [5, 5.41) is 2.33. The molecule has 0 radical (unpaired) electrons. The number of benzene rings is 1. The average Bonchev–Trinajstić information content (AvgIpc) is 3.04. The highest BCUT2D eigenvalue weighted by Crippen LogP contribution is 2.55. The fourth-order valence-electron chi connectivity index (χ4n) is 3.83. The lowest BCUT2D eigenvalue weighted by Crippen LogP contribution is -2.47. The molecule has 2 heterocycles. The molecule has 1 aliphatic rings. The lowest BCUT2D eigenvalue weighted by atomic mass is 9.77. The Morgan fingerprint density at radius 2 is 2.00 bits per heavy atom. The fourth-order valence-corrected chi connectivity index (χ4v) is 3.83. The van der Waals surface area contributed by atoms with Crippen LogP contribution in [0.5, 0.6) is 5.75 Å². The summed E-state index contributed by atoms with van der Waals surface area (Å²) in [7, 11) is 0.978. The Labute approximate surface area is 186 Å².